The van der Waals surface area contributed by atoms with Crippen molar-refractivity contribution in [3.05, 3.63) is 41.4 Å². The van der Waals surface area contributed by atoms with Crippen LogP contribution in [-0.2, 0) is 0 Å². The van der Waals surface area contributed by atoms with Gasteiger partial charge in [-0.2, -0.15) is 0 Å². The van der Waals surface area contributed by atoms with Crippen molar-refractivity contribution in [1.82, 2.24) is 9.97 Å². The molecule has 1 aliphatic carbocycles. The third-order valence-corrected chi connectivity index (χ3v) is 6.42. The number of ether oxygens (including phenoxy) is 1. The second-order valence-corrected chi connectivity index (χ2v) is 8.80. The van der Waals surface area contributed by atoms with Crippen molar-refractivity contribution in [2.45, 2.75) is 84.0 Å². The average molecular weight is 415 g/mol. The van der Waals surface area contributed by atoms with Crippen LogP contribution in [0.2, 0.25) is 5.02 Å². The molecule has 0 amide bonds. The molecule has 1 fully saturated rings. The summed E-state index contributed by atoms with van der Waals surface area (Å²) in [5, 5.41) is 0.643. The lowest BCUT2D eigenvalue weighted by Crippen LogP contribution is -2.15. The molecule has 4 heteroatoms. The number of benzene rings is 1. The number of hydrogen-bond acceptors (Lipinski definition) is 3. The van der Waals surface area contributed by atoms with Gasteiger partial charge < -0.3 is 4.74 Å². The predicted octanol–water partition coefficient (Wildman–Crippen LogP) is 7.83. The predicted molar refractivity (Wildman–Crippen MR) is 122 cm³/mol. The molecule has 1 heterocycles. The maximum atomic E-state index is 6.40. The van der Waals surface area contributed by atoms with E-state index in [0.717, 1.165) is 41.5 Å². The highest BCUT2D eigenvalue weighted by Crippen LogP contribution is 2.37. The maximum absolute atomic E-state index is 6.40. The molecule has 1 aliphatic rings. The van der Waals surface area contributed by atoms with E-state index in [1.54, 1.807) is 0 Å². The van der Waals surface area contributed by atoms with Crippen LogP contribution in [0.5, 0.6) is 5.75 Å². The Hall–Kier alpha value is -1.61. The van der Waals surface area contributed by atoms with Crippen molar-refractivity contribution in [3.8, 4) is 16.9 Å². The van der Waals surface area contributed by atoms with Gasteiger partial charge in [0.15, 0.2) is 0 Å². The lowest BCUT2D eigenvalue weighted by Gasteiger charge is -2.27. The molecule has 3 rings (SSSR count). The molecule has 0 aliphatic heterocycles. The first-order valence-electron chi connectivity index (χ1n) is 11.5. The summed E-state index contributed by atoms with van der Waals surface area (Å²) in [7, 11) is 0. The molecule has 29 heavy (non-hydrogen) atoms. The quantitative estimate of drug-likeness (QED) is 0.371. The third kappa shape index (κ3) is 6.44. The van der Waals surface area contributed by atoms with Gasteiger partial charge in [-0.05, 0) is 55.7 Å². The van der Waals surface area contributed by atoms with E-state index in [1.165, 1.54) is 51.4 Å². The number of aromatic nitrogens is 2. The van der Waals surface area contributed by atoms with Gasteiger partial charge in [0.1, 0.15) is 11.6 Å². The summed E-state index contributed by atoms with van der Waals surface area (Å²) < 4.78 is 5.74. The highest BCUT2D eigenvalue weighted by Gasteiger charge is 2.23. The summed E-state index contributed by atoms with van der Waals surface area (Å²) in [5.41, 5.74) is 2.04. The smallest absolute Gasteiger partial charge is 0.137 e. The minimum atomic E-state index is 0.518. The van der Waals surface area contributed by atoms with E-state index in [0.29, 0.717) is 17.5 Å². The number of hydrogen-bond donors (Lipinski definition) is 0. The van der Waals surface area contributed by atoms with E-state index >= 15 is 0 Å². The molecule has 2 aromatic rings. The van der Waals surface area contributed by atoms with Crippen molar-refractivity contribution >= 4 is 11.6 Å². The van der Waals surface area contributed by atoms with E-state index in [-0.39, 0.29) is 0 Å². The zero-order valence-corrected chi connectivity index (χ0v) is 18.8. The molecule has 0 saturated heterocycles. The number of unbranched alkanes of at least 4 members (excludes halogenated alkanes) is 3. The van der Waals surface area contributed by atoms with Crippen LogP contribution in [-0.4, -0.2) is 16.6 Å². The molecule has 3 nitrogen and oxygen atoms in total. The van der Waals surface area contributed by atoms with Crippen LogP contribution >= 0.6 is 11.6 Å². The Balaban J connectivity index is 1.56. The third-order valence-electron chi connectivity index (χ3n) is 6.12. The summed E-state index contributed by atoms with van der Waals surface area (Å²) in [5.74, 6) is 3.19. The Morgan fingerprint density at radius 2 is 1.66 bits per heavy atom. The second kappa shape index (κ2) is 11.5. The molecule has 0 atom stereocenters. The van der Waals surface area contributed by atoms with Crippen molar-refractivity contribution < 1.29 is 4.74 Å². The van der Waals surface area contributed by atoms with Gasteiger partial charge in [0.25, 0.3) is 0 Å². The van der Waals surface area contributed by atoms with Crippen molar-refractivity contribution in [3.63, 3.8) is 0 Å². The Kier molecular flexibility index (Phi) is 8.79. The topological polar surface area (TPSA) is 35.0 Å². The van der Waals surface area contributed by atoms with E-state index in [2.05, 4.69) is 13.8 Å². The summed E-state index contributed by atoms with van der Waals surface area (Å²) in [6.45, 7) is 5.13. The van der Waals surface area contributed by atoms with Crippen LogP contribution in [0.4, 0.5) is 0 Å². The van der Waals surface area contributed by atoms with Gasteiger partial charge in [-0.1, -0.05) is 63.6 Å². The molecule has 0 bridgehead atoms. The Labute approximate surface area is 181 Å². The molecule has 1 saturated carbocycles. The van der Waals surface area contributed by atoms with E-state index in [1.807, 2.05) is 30.6 Å². The zero-order chi connectivity index (χ0) is 20.5. The van der Waals surface area contributed by atoms with Crippen LogP contribution in [0.15, 0.2) is 30.6 Å². The Bertz CT molecular complexity index is 739. The largest absolute Gasteiger partial charge is 0.492 e. The lowest BCUT2D eigenvalue weighted by atomic mass is 9.79. The van der Waals surface area contributed by atoms with Crippen molar-refractivity contribution in [2.75, 3.05) is 6.61 Å². The van der Waals surface area contributed by atoms with E-state index in [4.69, 9.17) is 26.3 Å². The van der Waals surface area contributed by atoms with Gasteiger partial charge in [-0.25, -0.2) is 9.97 Å². The molecule has 0 radical (unpaired) electrons. The number of nitrogens with zero attached hydrogens (tertiary/aromatic N) is 2. The van der Waals surface area contributed by atoms with Crippen LogP contribution in [0, 0.1) is 5.92 Å². The number of rotatable bonds is 10. The standard InChI is InChI=1S/C25H35ClN2O/c1-3-5-7-8-19-9-11-20(12-10-19)25-27-17-22(18-28-25)21-13-14-24(23(26)16-21)29-15-6-4-2/h13-14,16-20H,3-12,15H2,1-2H3. The SMILES string of the molecule is CCCCCC1CCC(c2ncc(-c3ccc(OCCCC)c(Cl)c3)cn2)CC1. The fourth-order valence-electron chi connectivity index (χ4n) is 4.21. The van der Waals surface area contributed by atoms with Gasteiger partial charge in [0.2, 0.25) is 0 Å². The lowest BCUT2D eigenvalue weighted by molar-refractivity contribution is 0.297. The second-order valence-electron chi connectivity index (χ2n) is 8.39. The highest BCUT2D eigenvalue weighted by atomic mass is 35.5. The number of halogens is 1. The van der Waals surface area contributed by atoms with E-state index < -0.39 is 0 Å². The van der Waals surface area contributed by atoms with Gasteiger partial charge >= 0.3 is 0 Å². The monoisotopic (exact) mass is 414 g/mol. The fraction of sp³-hybridized carbons (Fsp3) is 0.600. The molecule has 0 spiro atoms. The van der Waals surface area contributed by atoms with Gasteiger partial charge in [-0.15, -0.1) is 0 Å². The Morgan fingerprint density at radius 1 is 0.931 bits per heavy atom. The molecule has 0 N–H and O–H groups in total. The average Bonchev–Trinajstić information content (AvgIpc) is 2.76. The molecule has 0 unspecified atom stereocenters. The molecule has 1 aromatic heterocycles. The first-order chi connectivity index (χ1) is 14.2. The van der Waals surface area contributed by atoms with Gasteiger partial charge in [0.05, 0.1) is 11.6 Å². The fourth-order valence-corrected chi connectivity index (χ4v) is 4.45. The van der Waals surface area contributed by atoms with Crippen molar-refractivity contribution in [1.29, 1.82) is 0 Å². The molecule has 1 aromatic carbocycles. The minimum Gasteiger partial charge on any atom is -0.492 e. The van der Waals surface area contributed by atoms with Gasteiger partial charge in [0, 0.05) is 23.9 Å². The maximum Gasteiger partial charge on any atom is 0.137 e. The van der Waals surface area contributed by atoms with Crippen LogP contribution < -0.4 is 4.74 Å². The van der Waals surface area contributed by atoms with Crippen molar-refractivity contribution in [2.24, 2.45) is 5.92 Å². The molecule has 158 valence electrons. The molecular weight excluding hydrogens is 380 g/mol. The Morgan fingerprint density at radius 3 is 2.31 bits per heavy atom. The highest BCUT2D eigenvalue weighted by molar-refractivity contribution is 6.32. The zero-order valence-electron chi connectivity index (χ0n) is 18.0. The first kappa shape index (κ1) is 22.1. The minimum absolute atomic E-state index is 0.518. The summed E-state index contributed by atoms with van der Waals surface area (Å²) in [6.07, 6.45) is 16.6. The van der Waals surface area contributed by atoms with Crippen LogP contribution in [0.1, 0.15) is 89.8 Å². The first-order valence-corrected chi connectivity index (χ1v) is 11.8. The summed E-state index contributed by atoms with van der Waals surface area (Å²) in [4.78, 5) is 9.41. The normalized spacial score (nSPS) is 19.3. The van der Waals surface area contributed by atoms with Crippen LogP contribution in [0.3, 0.4) is 0 Å². The molecular formula is C25H35ClN2O. The van der Waals surface area contributed by atoms with E-state index in [9.17, 15) is 0 Å². The van der Waals surface area contributed by atoms with Crippen LogP contribution in [0.25, 0.3) is 11.1 Å². The summed E-state index contributed by atoms with van der Waals surface area (Å²) in [6, 6.07) is 5.93. The van der Waals surface area contributed by atoms with Gasteiger partial charge in [-0.3, -0.25) is 0 Å². The summed E-state index contributed by atoms with van der Waals surface area (Å²) >= 11 is 6.40.